The van der Waals surface area contributed by atoms with E-state index < -0.39 is 11.6 Å². The zero-order chi connectivity index (χ0) is 12.5. The molecular weight excluding hydrogens is 204 g/mol. The van der Waals surface area contributed by atoms with E-state index in [-0.39, 0.29) is 17.7 Å². The van der Waals surface area contributed by atoms with Crippen LogP contribution in [0.4, 0.5) is 0 Å². The third kappa shape index (κ3) is 2.38. The first kappa shape index (κ1) is 13.5. The van der Waals surface area contributed by atoms with Gasteiger partial charge in [-0.25, -0.2) is 0 Å². The number of hydrogen-bond acceptors (Lipinski definition) is 3. The van der Waals surface area contributed by atoms with E-state index >= 15 is 0 Å². The second-order valence-corrected chi connectivity index (χ2v) is 5.36. The van der Waals surface area contributed by atoms with Gasteiger partial charge < -0.3 is 15.7 Å². The maximum atomic E-state index is 11.9. The lowest BCUT2D eigenvalue weighted by atomic mass is 9.82. The zero-order valence-corrected chi connectivity index (χ0v) is 10.7. The van der Waals surface area contributed by atoms with E-state index in [1.54, 1.807) is 4.90 Å². The van der Waals surface area contributed by atoms with Crippen molar-refractivity contribution in [1.29, 1.82) is 0 Å². The van der Waals surface area contributed by atoms with E-state index in [4.69, 9.17) is 5.73 Å². The van der Waals surface area contributed by atoms with E-state index in [1.165, 1.54) is 0 Å². The number of aliphatic hydroxyl groups is 1. The molecule has 2 unspecified atom stereocenters. The van der Waals surface area contributed by atoms with Crippen molar-refractivity contribution in [2.75, 3.05) is 13.1 Å². The normalized spacial score (nSPS) is 22.8. The molecule has 2 atom stereocenters. The van der Waals surface area contributed by atoms with Crippen molar-refractivity contribution in [3.8, 4) is 0 Å². The van der Waals surface area contributed by atoms with Crippen LogP contribution in [-0.4, -0.2) is 40.6 Å². The number of hydrogen-bond donors (Lipinski definition) is 2. The number of carbonyl (C=O) groups is 1. The largest absolute Gasteiger partial charge is 0.386 e. The van der Waals surface area contributed by atoms with E-state index in [0.29, 0.717) is 13.1 Å². The van der Waals surface area contributed by atoms with Crippen molar-refractivity contribution in [2.45, 2.75) is 45.8 Å². The lowest BCUT2D eigenvalue weighted by Gasteiger charge is -2.50. The van der Waals surface area contributed by atoms with Crippen LogP contribution in [0, 0.1) is 11.8 Å². The topological polar surface area (TPSA) is 66.6 Å². The smallest absolute Gasteiger partial charge is 0.239 e. The van der Waals surface area contributed by atoms with Crippen molar-refractivity contribution in [3.05, 3.63) is 0 Å². The molecule has 1 amide bonds. The van der Waals surface area contributed by atoms with Crippen LogP contribution in [0.15, 0.2) is 0 Å². The average Bonchev–Trinajstić information content (AvgIpc) is 2.21. The van der Waals surface area contributed by atoms with Gasteiger partial charge in [0.05, 0.1) is 19.1 Å². The first-order valence-electron chi connectivity index (χ1n) is 6.08. The molecule has 4 nitrogen and oxygen atoms in total. The van der Waals surface area contributed by atoms with Gasteiger partial charge >= 0.3 is 0 Å². The minimum absolute atomic E-state index is 0.0281. The first-order valence-corrected chi connectivity index (χ1v) is 6.08. The number of nitrogens with zero attached hydrogens (tertiary/aromatic N) is 1. The zero-order valence-electron chi connectivity index (χ0n) is 10.7. The Balaban J connectivity index is 2.49. The summed E-state index contributed by atoms with van der Waals surface area (Å²) in [5.74, 6) is 0.344. The second kappa shape index (κ2) is 4.72. The average molecular weight is 228 g/mol. The monoisotopic (exact) mass is 228 g/mol. The lowest BCUT2D eigenvalue weighted by Crippen LogP contribution is -2.68. The van der Waals surface area contributed by atoms with Crippen molar-refractivity contribution in [3.63, 3.8) is 0 Å². The van der Waals surface area contributed by atoms with Gasteiger partial charge in [-0.05, 0) is 11.8 Å². The summed E-state index contributed by atoms with van der Waals surface area (Å²) in [6, 6.07) is -0.429. The summed E-state index contributed by atoms with van der Waals surface area (Å²) >= 11 is 0. The van der Waals surface area contributed by atoms with Crippen LogP contribution in [0.3, 0.4) is 0 Å². The number of amides is 1. The molecule has 1 rings (SSSR count). The minimum Gasteiger partial charge on any atom is -0.386 e. The maximum absolute atomic E-state index is 11.9. The highest BCUT2D eigenvalue weighted by atomic mass is 16.3. The molecule has 0 aromatic rings. The Labute approximate surface area is 97.8 Å². The van der Waals surface area contributed by atoms with Crippen LogP contribution in [0.1, 0.15) is 34.1 Å². The van der Waals surface area contributed by atoms with Crippen molar-refractivity contribution < 1.29 is 9.90 Å². The number of nitrogens with two attached hydrogens (primary N) is 1. The van der Waals surface area contributed by atoms with Gasteiger partial charge in [0, 0.05) is 0 Å². The van der Waals surface area contributed by atoms with Crippen molar-refractivity contribution in [1.82, 2.24) is 4.90 Å². The number of likely N-dealkylation sites (tertiary alicyclic amines) is 1. The molecule has 4 heteroatoms. The molecule has 0 aromatic heterocycles. The minimum atomic E-state index is -0.704. The van der Waals surface area contributed by atoms with Crippen LogP contribution in [0.5, 0.6) is 0 Å². The van der Waals surface area contributed by atoms with Gasteiger partial charge in [0.25, 0.3) is 0 Å². The van der Waals surface area contributed by atoms with Crippen molar-refractivity contribution in [2.24, 2.45) is 17.6 Å². The molecule has 0 radical (unpaired) electrons. The Morgan fingerprint density at radius 2 is 1.94 bits per heavy atom. The van der Waals surface area contributed by atoms with Gasteiger partial charge in [0.1, 0.15) is 5.60 Å². The summed E-state index contributed by atoms with van der Waals surface area (Å²) in [4.78, 5) is 13.6. The standard InChI is InChI=1S/C12H24N2O2/c1-5-9(4)10(13)11(15)14-6-12(16,7-14)8(2)3/h8-10,16H,5-7,13H2,1-4H3. The number of carbonyl (C=O) groups excluding carboxylic acids is 1. The Bertz CT molecular complexity index is 260. The Hall–Kier alpha value is -0.610. The van der Waals surface area contributed by atoms with Gasteiger partial charge in [-0.1, -0.05) is 34.1 Å². The fourth-order valence-corrected chi connectivity index (χ4v) is 1.84. The van der Waals surface area contributed by atoms with Crippen LogP contribution in [0.25, 0.3) is 0 Å². The molecule has 0 aromatic carbocycles. The fraction of sp³-hybridized carbons (Fsp3) is 0.917. The molecule has 16 heavy (non-hydrogen) atoms. The highest BCUT2D eigenvalue weighted by Crippen LogP contribution is 2.29. The Kier molecular flexibility index (Phi) is 3.97. The molecule has 0 bridgehead atoms. The predicted molar refractivity (Wildman–Crippen MR) is 63.8 cm³/mol. The van der Waals surface area contributed by atoms with Gasteiger partial charge in [0.15, 0.2) is 0 Å². The number of rotatable bonds is 4. The van der Waals surface area contributed by atoms with Gasteiger partial charge in [-0.15, -0.1) is 0 Å². The Morgan fingerprint density at radius 1 is 1.44 bits per heavy atom. The van der Waals surface area contributed by atoms with Gasteiger partial charge in [-0.3, -0.25) is 4.79 Å². The molecule has 94 valence electrons. The molecule has 0 saturated carbocycles. The number of β-amino-alcohol motifs (C(OH)–C–C–N with tert-alkyl or cyclic N) is 1. The van der Waals surface area contributed by atoms with Crippen molar-refractivity contribution >= 4 is 5.91 Å². The molecule has 1 aliphatic heterocycles. The molecule has 0 aliphatic carbocycles. The summed E-state index contributed by atoms with van der Waals surface area (Å²) in [6.07, 6.45) is 0.898. The summed E-state index contributed by atoms with van der Waals surface area (Å²) in [7, 11) is 0. The third-order valence-electron chi connectivity index (χ3n) is 3.86. The van der Waals surface area contributed by atoms with Crippen LogP contribution in [-0.2, 0) is 4.79 Å². The van der Waals surface area contributed by atoms with Crippen LogP contribution in [0.2, 0.25) is 0 Å². The highest BCUT2D eigenvalue weighted by Gasteiger charge is 2.46. The molecule has 1 aliphatic rings. The SMILES string of the molecule is CCC(C)C(N)C(=O)N1CC(O)(C(C)C)C1. The highest BCUT2D eigenvalue weighted by molar-refractivity contribution is 5.83. The molecule has 0 spiro atoms. The van der Waals surface area contributed by atoms with E-state index in [1.807, 2.05) is 27.7 Å². The van der Waals surface area contributed by atoms with Gasteiger partial charge in [-0.2, -0.15) is 0 Å². The fourth-order valence-electron chi connectivity index (χ4n) is 1.84. The second-order valence-electron chi connectivity index (χ2n) is 5.36. The summed E-state index contributed by atoms with van der Waals surface area (Å²) < 4.78 is 0. The van der Waals surface area contributed by atoms with Crippen LogP contribution < -0.4 is 5.73 Å². The third-order valence-corrected chi connectivity index (χ3v) is 3.86. The molecule has 1 heterocycles. The van der Waals surface area contributed by atoms with Crippen LogP contribution >= 0.6 is 0 Å². The van der Waals surface area contributed by atoms with E-state index in [9.17, 15) is 9.90 Å². The van der Waals surface area contributed by atoms with E-state index in [0.717, 1.165) is 6.42 Å². The molecule has 1 fully saturated rings. The van der Waals surface area contributed by atoms with E-state index in [2.05, 4.69) is 0 Å². The molecular formula is C12H24N2O2. The summed E-state index contributed by atoms with van der Waals surface area (Å²) in [6.45, 7) is 8.80. The maximum Gasteiger partial charge on any atom is 0.239 e. The summed E-state index contributed by atoms with van der Waals surface area (Å²) in [5.41, 5.74) is 5.17. The summed E-state index contributed by atoms with van der Waals surface area (Å²) in [5, 5.41) is 10.0. The predicted octanol–water partition coefficient (Wildman–Crippen LogP) is 0.589. The Morgan fingerprint density at radius 3 is 2.31 bits per heavy atom. The molecule has 1 saturated heterocycles. The lowest BCUT2D eigenvalue weighted by molar-refractivity contribution is -0.166. The van der Waals surface area contributed by atoms with Gasteiger partial charge in [0.2, 0.25) is 5.91 Å². The quantitative estimate of drug-likeness (QED) is 0.740. The first-order chi connectivity index (χ1) is 7.31. The molecule has 3 N–H and O–H groups in total.